The van der Waals surface area contributed by atoms with E-state index in [1.807, 2.05) is 0 Å². The Morgan fingerprint density at radius 2 is 1.86 bits per heavy atom. The molecule has 0 spiro atoms. The molecule has 0 amide bonds. The molecule has 1 heterocycles. The van der Waals surface area contributed by atoms with Gasteiger partial charge in [-0.25, -0.2) is 4.72 Å². The molecule has 124 valence electrons. The third-order valence-electron chi connectivity index (χ3n) is 5.05. The lowest BCUT2D eigenvalue weighted by atomic mass is 9.81. The van der Waals surface area contributed by atoms with E-state index in [2.05, 4.69) is 11.6 Å². The van der Waals surface area contributed by atoms with Gasteiger partial charge in [-0.3, -0.25) is 0 Å². The first-order valence-electron chi connectivity index (χ1n) is 8.37. The predicted octanol–water partition coefficient (Wildman–Crippen LogP) is 1.74. The molecule has 2 rings (SSSR count). The number of piperidine rings is 1. The monoisotopic (exact) mass is 318 g/mol. The van der Waals surface area contributed by atoms with E-state index in [0.717, 1.165) is 25.2 Å². The topological polar surface area (TPSA) is 69.6 Å². The maximum absolute atomic E-state index is 12.3. The van der Waals surface area contributed by atoms with Gasteiger partial charge in [-0.15, -0.1) is 0 Å². The van der Waals surface area contributed by atoms with Crippen molar-refractivity contribution < 1.29 is 13.5 Å². The molecule has 1 aliphatic carbocycles. The first-order valence-corrected chi connectivity index (χ1v) is 9.81. The van der Waals surface area contributed by atoms with Crippen LogP contribution >= 0.6 is 0 Å². The number of hydrogen-bond acceptors (Lipinski definition) is 3. The number of hydrogen-bond donors (Lipinski definition) is 2. The van der Waals surface area contributed by atoms with Gasteiger partial charge in [0.2, 0.25) is 0 Å². The zero-order chi connectivity index (χ0) is 15.3. The summed E-state index contributed by atoms with van der Waals surface area (Å²) >= 11 is 0. The van der Waals surface area contributed by atoms with E-state index >= 15 is 0 Å². The molecule has 6 heteroatoms. The molecule has 0 aromatic heterocycles. The number of aliphatic hydroxyl groups is 1. The van der Waals surface area contributed by atoms with Crippen LogP contribution in [-0.4, -0.2) is 44.1 Å². The van der Waals surface area contributed by atoms with Crippen LogP contribution in [0.5, 0.6) is 0 Å². The van der Waals surface area contributed by atoms with E-state index in [1.165, 1.54) is 30.0 Å². The van der Waals surface area contributed by atoms with Crippen molar-refractivity contribution in [3.8, 4) is 0 Å². The summed E-state index contributed by atoms with van der Waals surface area (Å²) in [6, 6.07) is 0. The highest BCUT2D eigenvalue weighted by Crippen LogP contribution is 2.30. The quantitative estimate of drug-likeness (QED) is 0.784. The van der Waals surface area contributed by atoms with Gasteiger partial charge >= 0.3 is 0 Å². The fourth-order valence-electron chi connectivity index (χ4n) is 3.50. The van der Waals surface area contributed by atoms with Gasteiger partial charge in [0.15, 0.2) is 0 Å². The Morgan fingerprint density at radius 3 is 2.52 bits per heavy atom. The van der Waals surface area contributed by atoms with Gasteiger partial charge in [0.1, 0.15) is 0 Å². The van der Waals surface area contributed by atoms with E-state index in [0.29, 0.717) is 25.6 Å². The van der Waals surface area contributed by atoms with Crippen LogP contribution in [0.25, 0.3) is 0 Å². The third kappa shape index (κ3) is 5.20. The normalized spacial score (nSPS) is 32.2. The zero-order valence-electron chi connectivity index (χ0n) is 13.1. The summed E-state index contributed by atoms with van der Waals surface area (Å²) in [5.74, 6) is 1.60. The average molecular weight is 318 g/mol. The lowest BCUT2D eigenvalue weighted by Crippen LogP contribution is -2.47. The van der Waals surface area contributed by atoms with Crippen molar-refractivity contribution in [1.82, 2.24) is 9.03 Å². The maximum Gasteiger partial charge on any atom is 0.279 e. The van der Waals surface area contributed by atoms with Crippen LogP contribution in [-0.2, 0) is 10.2 Å². The second-order valence-electron chi connectivity index (χ2n) is 6.86. The molecule has 1 saturated carbocycles. The minimum absolute atomic E-state index is 0.0757. The van der Waals surface area contributed by atoms with E-state index in [4.69, 9.17) is 0 Å². The minimum atomic E-state index is -3.37. The van der Waals surface area contributed by atoms with Gasteiger partial charge in [0.05, 0.1) is 0 Å². The predicted molar refractivity (Wildman–Crippen MR) is 84.0 cm³/mol. The third-order valence-corrected chi connectivity index (χ3v) is 6.63. The van der Waals surface area contributed by atoms with Gasteiger partial charge in [-0.2, -0.15) is 12.7 Å². The number of nitrogens with zero attached hydrogens (tertiary/aromatic N) is 1. The molecule has 1 saturated heterocycles. The summed E-state index contributed by atoms with van der Waals surface area (Å²) in [5, 5.41) is 9.20. The van der Waals surface area contributed by atoms with Crippen LogP contribution in [0.15, 0.2) is 0 Å². The Bertz CT molecular complexity index is 405. The molecule has 5 nitrogen and oxygen atoms in total. The molecular weight excluding hydrogens is 288 g/mol. The molecule has 1 unspecified atom stereocenters. The summed E-state index contributed by atoms with van der Waals surface area (Å²) in [7, 11) is -3.37. The Kier molecular flexibility index (Phi) is 6.47. The van der Waals surface area contributed by atoms with Crippen LogP contribution in [0.3, 0.4) is 0 Å². The Morgan fingerprint density at radius 1 is 1.14 bits per heavy atom. The second-order valence-corrected chi connectivity index (χ2v) is 8.62. The van der Waals surface area contributed by atoms with Crippen molar-refractivity contribution >= 4 is 10.2 Å². The summed E-state index contributed by atoms with van der Waals surface area (Å²) in [4.78, 5) is 0. The highest BCUT2D eigenvalue weighted by atomic mass is 32.2. The molecule has 2 fully saturated rings. The van der Waals surface area contributed by atoms with Crippen molar-refractivity contribution in [2.24, 2.45) is 17.8 Å². The molecule has 0 radical (unpaired) electrons. The molecule has 0 bridgehead atoms. The second kappa shape index (κ2) is 7.90. The lowest BCUT2D eigenvalue weighted by molar-refractivity contribution is 0.164. The zero-order valence-corrected chi connectivity index (χ0v) is 13.9. The van der Waals surface area contributed by atoms with E-state index < -0.39 is 10.2 Å². The fraction of sp³-hybridized carbons (Fsp3) is 1.00. The minimum Gasteiger partial charge on any atom is -0.396 e. The lowest BCUT2D eigenvalue weighted by Gasteiger charge is -2.31. The smallest absolute Gasteiger partial charge is 0.279 e. The average Bonchev–Trinajstić information content (AvgIpc) is 2.49. The first-order chi connectivity index (χ1) is 10.0. The molecule has 1 atom stereocenters. The van der Waals surface area contributed by atoms with Crippen LogP contribution in [0.2, 0.25) is 0 Å². The van der Waals surface area contributed by atoms with Crippen LogP contribution in [0.4, 0.5) is 0 Å². The first kappa shape index (κ1) is 17.2. The summed E-state index contributed by atoms with van der Waals surface area (Å²) < 4.78 is 28.8. The Balaban J connectivity index is 1.73. The van der Waals surface area contributed by atoms with Crippen molar-refractivity contribution in [1.29, 1.82) is 0 Å². The SMILES string of the molecule is CC1CCC(CCNS(=O)(=O)N2CCCC(CO)C2)CC1. The van der Waals surface area contributed by atoms with Crippen molar-refractivity contribution in [3.63, 3.8) is 0 Å². The van der Waals surface area contributed by atoms with Gasteiger partial charge in [-0.05, 0) is 37.0 Å². The van der Waals surface area contributed by atoms with Gasteiger partial charge in [0.25, 0.3) is 10.2 Å². The Labute approximate surface area is 129 Å². The highest BCUT2D eigenvalue weighted by molar-refractivity contribution is 7.87. The van der Waals surface area contributed by atoms with Gasteiger partial charge in [0, 0.05) is 26.2 Å². The van der Waals surface area contributed by atoms with Crippen LogP contribution in [0, 0.1) is 17.8 Å². The molecule has 2 N–H and O–H groups in total. The van der Waals surface area contributed by atoms with Gasteiger partial charge in [-0.1, -0.05) is 32.6 Å². The Hall–Kier alpha value is -0.170. The summed E-state index contributed by atoms with van der Waals surface area (Å²) in [6.45, 7) is 3.94. The fourth-order valence-corrected chi connectivity index (χ4v) is 4.83. The number of rotatable bonds is 6. The standard InChI is InChI=1S/C15H30N2O3S/c1-13-4-6-14(7-5-13)8-9-16-21(19,20)17-10-2-3-15(11-17)12-18/h13-16,18H,2-12H2,1H3. The van der Waals surface area contributed by atoms with Crippen molar-refractivity contribution in [3.05, 3.63) is 0 Å². The molecular formula is C15H30N2O3S. The molecule has 1 aliphatic heterocycles. The molecule has 0 aromatic rings. The van der Waals surface area contributed by atoms with Gasteiger partial charge < -0.3 is 5.11 Å². The van der Waals surface area contributed by atoms with Crippen molar-refractivity contribution in [2.75, 3.05) is 26.2 Å². The summed E-state index contributed by atoms with van der Waals surface area (Å²) in [5.41, 5.74) is 0. The van der Waals surface area contributed by atoms with E-state index in [9.17, 15) is 13.5 Å². The van der Waals surface area contributed by atoms with Crippen LogP contribution in [0.1, 0.15) is 51.9 Å². The van der Waals surface area contributed by atoms with E-state index in [-0.39, 0.29) is 12.5 Å². The molecule has 21 heavy (non-hydrogen) atoms. The van der Waals surface area contributed by atoms with E-state index in [1.54, 1.807) is 0 Å². The number of nitrogens with one attached hydrogen (secondary N) is 1. The van der Waals surface area contributed by atoms with Crippen molar-refractivity contribution in [2.45, 2.75) is 51.9 Å². The summed E-state index contributed by atoms with van der Waals surface area (Å²) in [6.07, 6.45) is 7.74. The highest BCUT2D eigenvalue weighted by Gasteiger charge is 2.28. The number of aliphatic hydroxyl groups excluding tert-OH is 1. The molecule has 0 aromatic carbocycles. The van der Waals surface area contributed by atoms with Crippen LogP contribution < -0.4 is 4.72 Å². The maximum atomic E-state index is 12.3. The largest absolute Gasteiger partial charge is 0.396 e. The molecule has 2 aliphatic rings.